The Bertz CT molecular complexity index is 437. The fourth-order valence-electron chi connectivity index (χ4n) is 1.48. The molecule has 1 rings (SSSR count). The van der Waals surface area contributed by atoms with Gasteiger partial charge in [0.15, 0.2) is 4.34 Å². The smallest absolute Gasteiger partial charge is 0.237 e. The molecule has 0 spiro atoms. The van der Waals surface area contributed by atoms with Crippen LogP contribution in [0.5, 0.6) is 0 Å². The van der Waals surface area contributed by atoms with Gasteiger partial charge in [0.2, 0.25) is 11.0 Å². The minimum absolute atomic E-state index is 0.308. The summed E-state index contributed by atoms with van der Waals surface area (Å²) in [5.41, 5.74) is 4.84. The number of aromatic nitrogens is 2. The highest BCUT2D eigenvalue weighted by Crippen LogP contribution is 2.28. The summed E-state index contributed by atoms with van der Waals surface area (Å²) < 4.78 is 0.913. The third kappa shape index (κ3) is 4.92. The number of rotatable bonds is 9. The molecule has 1 aromatic rings. The summed E-state index contributed by atoms with van der Waals surface area (Å²) in [6, 6.07) is 0. The van der Waals surface area contributed by atoms with Gasteiger partial charge in [-0.15, -0.1) is 10.2 Å². The molecule has 20 heavy (non-hydrogen) atoms. The van der Waals surface area contributed by atoms with Crippen LogP contribution in [-0.2, 0) is 4.79 Å². The van der Waals surface area contributed by atoms with Crippen molar-refractivity contribution < 1.29 is 4.79 Å². The van der Waals surface area contributed by atoms with Gasteiger partial charge in [0.1, 0.15) is 0 Å². The predicted octanol–water partition coefficient (Wildman–Crippen LogP) is 1.33. The number of nitrogens with zero attached hydrogens (tertiary/aromatic N) is 3. The van der Waals surface area contributed by atoms with E-state index in [4.69, 9.17) is 5.73 Å². The molecule has 0 aliphatic heterocycles. The Morgan fingerprint density at radius 1 is 1.50 bits per heavy atom. The summed E-state index contributed by atoms with van der Waals surface area (Å²) in [5.74, 6) is 0.468. The van der Waals surface area contributed by atoms with Crippen LogP contribution in [0.3, 0.4) is 0 Å². The second-order valence-electron chi connectivity index (χ2n) is 4.97. The van der Waals surface area contributed by atoms with Crippen molar-refractivity contribution in [2.75, 3.05) is 31.3 Å². The van der Waals surface area contributed by atoms with Gasteiger partial charge < -0.3 is 16.0 Å². The third-order valence-electron chi connectivity index (χ3n) is 2.91. The van der Waals surface area contributed by atoms with Crippen LogP contribution < -0.4 is 16.0 Å². The first-order chi connectivity index (χ1) is 9.39. The molecule has 6 nitrogen and oxygen atoms in total. The first kappa shape index (κ1) is 17.2. The van der Waals surface area contributed by atoms with Gasteiger partial charge in [-0.3, -0.25) is 4.79 Å². The summed E-state index contributed by atoms with van der Waals surface area (Å²) in [6.07, 6.45) is 1.64. The van der Waals surface area contributed by atoms with Crippen molar-refractivity contribution in [3.05, 3.63) is 0 Å². The number of hydrogen-bond donors (Lipinski definition) is 2. The van der Waals surface area contributed by atoms with Gasteiger partial charge in [0.25, 0.3) is 0 Å². The van der Waals surface area contributed by atoms with E-state index in [1.807, 2.05) is 25.9 Å². The maximum absolute atomic E-state index is 11.6. The Balaban J connectivity index is 2.49. The van der Waals surface area contributed by atoms with E-state index in [1.54, 1.807) is 23.1 Å². The van der Waals surface area contributed by atoms with Crippen LogP contribution >= 0.6 is 23.1 Å². The number of anilines is 1. The van der Waals surface area contributed by atoms with E-state index in [0.29, 0.717) is 6.42 Å². The van der Waals surface area contributed by atoms with Crippen molar-refractivity contribution in [3.63, 3.8) is 0 Å². The van der Waals surface area contributed by atoms with Crippen LogP contribution in [0.15, 0.2) is 4.34 Å². The van der Waals surface area contributed by atoms with E-state index < -0.39 is 5.54 Å². The van der Waals surface area contributed by atoms with Crippen molar-refractivity contribution in [1.82, 2.24) is 15.5 Å². The number of nitrogens with two attached hydrogens (primary N) is 1. The minimum atomic E-state index is -0.655. The van der Waals surface area contributed by atoms with Crippen molar-refractivity contribution in [2.24, 2.45) is 5.73 Å². The van der Waals surface area contributed by atoms with Gasteiger partial charge in [-0.05, 0) is 26.3 Å². The number of hydrogen-bond acceptors (Lipinski definition) is 7. The number of amides is 1. The quantitative estimate of drug-likeness (QED) is 0.669. The van der Waals surface area contributed by atoms with Crippen molar-refractivity contribution in [3.8, 4) is 0 Å². The molecule has 0 aliphatic rings. The van der Waals surface area contributed by atoms with Crippen LogP contribution in [0.25, 0.3) is 0 Å². The molecule has 1 amide bonds. The molecule has 0 fully saturated rings. The van der Waals surface area contributed by atoms with E-state index in [9.17, 15) is 4.79 Å². The largest absolute Gasteiger partial charge is 0.368 e. The number of primary amides is 1. The Kier molecular flexibility index (Phi) is 6.70. The summed E-state index contributed by atoms with van der Waals surface area (Å²) >= 11 is 3.15. The van der Waals surface area contributed by atoms with Gasteiger partial charge >= 0.3 is 0 Å². The minimum Gasteiger partial charge on any atom is -0.368 e. The molecule has 8 heteroatoms. The standard InChI is InChI=1S/C12H23N5OS2/c1-5-7-14-12(2,9(13)18)6-8-19-11-16-15-10(20-11)17(3)4/h14H,5-8H2,1-4H3,(H2,13,18). The maximum Gasteiger partial charge on any atom is 0.237 e. The van der Waals surface area contributed by atoms with Gasteiger partial charge in [0, 0.05) is 19.8 Å². The molecule has 1 atom stereocenters. The first-order valence-corrected chi connectivity index (χ1v) is 8.38. The number of carbonyl (C=O) groups is 1. The molecular weight excluding hydrogens is 294 g/mol. The number of nitrogens with one attached hydrogen (secondary N) is 1. The topological polar surface area (TPSA) is 84.1 Å². The molecule has 0 bridgehead atoms. The summed E-state index contributed by atoms with van der Waals surface area (Å²) in [5, 5.41) is 12.3. The average molecular weight is 317 g/mol. The molecule has 0 radical (unpaired) electrons. The third-order valence-corrected chi connectivity index (χ3v) is 5.14. The van der Waals surface area contributed by atoms with Crippen molar-refractivity contribution in [2.45, 2.75) is 36.6 Å². The molecule has 1 aromatic heterocycles. The molecule has 0 aromatic carbocycles. The molecule has 0 saturated carbocycles. The molecular formula is C12H23N5OS2. The summed E-state index contributed by atoms with van der Waals surface area (Å²) in [6.45, 7) is 4.71. The van der Waals surface area contributed by atoms with Gasteiger partial charge in [-0.2, -0.15) is 0 Å². The fourth-order valence-corrected chi connectivity index (χ4v) is 3.48. The first-order valence-electron chi connectivity index (χ1n) is 6.57. The highest BCUT2D eigenvalue weighted by atomic mass is 32.2. The lowest BCUT2D eigenvalue weighted by Gasteiger charge is -2.27. The van der Waals surface area contributed by atoms with Gasteiger partial charge in [0.05, 0.1) is 5.54 Å². The number of thioether (sulfide) groups is 1. The molecule has 114 valence electrons. The van der Waals surface area contributed by atoms with Crippen LogP contribution in [0, 0.1) is 0 Å². The Morgan fingerprint density at radius 3 is 2.70 bits per heavy atom. The van der Waals surface area contributed by atoms with E-state index in [0.717, 1.165) is 28.2 Å². The van der Waals surface area contributed by atoms with Crippen LogP contribution in [-0.4, -0.2) is 48.0 Å². The van der Waals surface area contributed by atoms with E-state index in [1.165, 1.54) is 0 Å². The number of carbonyl (C=O) groups excluding carboxylic acids is 1. The van der Waals surface area contributed by atoms with E-state index in [-0.39, 0.29) is 5.91 Å². The maximum atomic E-state index is 11.6. The second kappa shape index (κ2) is 7.80. The summed E-state index contributed by atoms with van der Waals surface area (Å²) in [4.78, 5) is 13.5. The molecule has 1 heterocycles. The molecule has 0 aliphatic carbocycles. The van der Waals surface area contributed by atoms with E-state index >= 15 is 0 Å². The molecule has 0 saturated heterocycles. The van der Waals surface area contributed by atoms with Gasteiger partial charge in [-0.1, -0.05) is 30.0 Å². The van der Waals surface area contributed by atoms with Crippen molar-refractivity contribution in [1.29, 1.82) is 0 Å². The van der Waals surface area contributed by atoms with Crippen LogP contribution in [0.4, 0.5) is 5.13 Å². The Morgan fingerprint density at radius 2 is 2.20 bits per heavy atom. The normalized spacial score (nSPS) is 14.0. The van der Waals surface area contributed by atoms with Crippen LogP contribution in [0.1, 0.15) is 26.7 Å². The molecule has 1 unspecified atom stereocenters. The SMILES string of the molecule is CCCNC(C)(CCSc1nnc(N(C)C)s1)C(N)=O. The summed E-state index contributed by atoms with van der Waals surface area (Å²) in [7, 11) is 3.88. The predicted molar refractivity (Wildman–Crippen MR) is 85.5 cm³/mol. The van der Waals surface area contributed by atoms with E-state index in [2.05, 4.69) is 22.4 Å². The highest BCUT2D eigenvalue weighted by Gasteiger charge is 2.29. The monoisotopic (exact) mass is 317 g/mol. The zero-order valence-corrected chi connectivity index (χ0v) is 14.1. The zero-order valence-electron chi connectivity index (χ0n) is 12.5. The van der Waals surface area contributed by atoms with Crippen LogP contribution in [0.2, 0.25) is 0 Å². The van der Waals surface area contributed by atoms with Crippen molar-refractivity contribution >= 4 is 34.1 Å². The van der Waals surface area contributed by atoms with Gasteiger partial charge in [-0.25, -0.2) is 0 Å². The lowest BCUT2D eigenvalue weighted by molar-refractivity contribution is -0.123. The average Bonchev–Trinajstić information content (AvgIpc) is 2.85. The Hall–Kier alpha value is -0.860. The fraction of sp³-hybridized carbons (Fsp3) is 0.750. The highest BCUT2D eigenvalue weighted by molar-refractivity contribution is 8.01. The lowest BCUT2D eigenvalue weighted by atomic mass is 9.98. The molecule has 3 N–H and O–H groups in total. The Labute approximate surface area is 128 Å². The zero-order chi connectivity index (χ0) is 15.2. The lowest BCUT2D eigenvalue weighted by Crippen LogP contribution is -2.53. The second-order valence-corrected chi connectivity index (χ2v) is 7.26.